The van der Waals surface area contributed by atoms with Crippen molar-refractivity contribution in [2.75, 3.05) is 27.3 Å². The fourth-order valence-electron chi connectivity index (χ4n) is 4.60. The molecule has 1 unspecified atom stereocenters. The number of carbonyl (C=O) groups is 1. The summed E-state index contributed by atoms with van der Waals surface area (Å²) in [7, 11) is 3.46. The lowest BCUT2D eigenvalue weighted by atomic mass is 9.92. The molecule has 3 heterocycles. The Balaban J connectivity index is 1.70. The molecule has 170 valence electrons. The van der Waals surface area contributed by atoms with Gasteiger partial charge in [0.15, 0.2) is 0 Å². The van der Waals surface area contributed by atoms with Crippen molar-refractivity contribution >= 4 is 5.91 Å². The molecule has 1 atom stereocenters. The summed E-state index contributed by atoms with van der Waals surface area (Å²) in [5.41, 5.74) is 4.71. The van der Waals surface area contributed by atoms with Crippen molar-refractivity contribution < 1.29 is 14.3 Å². The highest BCUT2D eigenvalue weighted by atomic mass is 16.5. The second-order valence-electron chi connectivity index (χ2n) is 8.71. The maximum absolute atomic E-state index is 13.0. The average Bonchev–Trinajstić information content (AvgIpc) is 3.36. The van der Waals surface area contributed by atoms with Gasteiger partial charge in [-0.3, -0.25) is 9.36 Å². The molecule has 2 aliphatic heterocycles. The molecule has 5 rings (SSSR count). The molecule has 1 aromatic heterocycles. The molecule has 0 N–H and O–H groups in total. The number of aromatic nitrogens is 2. The highest BCUT2D eigenvalue weighted by Crippen LogP contribution is 2.41. The number of amides is 1. The SMILES string of the molecule is CN(C)C(=O)c1cccc(-c2c(OCC3CCCO3)nc(=O)n3c2-c2ccccc2CC3)c1. The van der Waals surface area contributed by atoms with Crippen LogP contribution in [0.1, 0.15) is 28.8 Å². The third kappa shape index (κ3) is 4.04. The van der Waals surface area contributed by atoms with E-state index in [-0.39, 0.29) is 23.6 Å². The van der Waals surface area contributed by atoms with E-state index in [4.69, 9.17) is 9.47 Å². The first-order valence-electron chi connectivity index (χ1n) is 11.3. The Bertz CT molecular complexity index is 1260. The van der Waals surface area contributed by atoms with Crippen molar-refractivity contribution in [1.29, 1.82) is 0 Å². The summed E-state index contributed by atoms with van der Waals surface area (Å²) in [5.74, 6) is 0.196. The van der Waals surface area contributed by atoms with Gasteiger partial charge in [-0.15, -0.1) is 0 Å². The van der Waals surface area contributed by atoms with E-state index in [2.05, 4.69) is 11.1 Å². The van der Waals surface area contributed by atoms with Crippen molar-refractivity contribution in [2.24, 2.45) is 0 Å². The smallest absolute Gasteiger partial charge is 0.351 e. The zero-order valence-electron chi connectivity index (χ0n) is 18.9. The molecule has 2 aliphatic rings. The molecule has 1 saturated heterocycles. The summed E-state index contributed by atoms with van der Waals surface area (Å²) < 4.78 is 13.6. The number of rotatable bonds is 5. The van der Waals surface area contributed by atoms with Gasteiger partial charge >= 0.3 is 5.69 Å². The van der Waals surface area contributed by atoms with Crippen LogP contribution in [-0.4, -0.2) is 53.8 Å². The van der Waals surface area contributed by atoms with Crippen molar-refractivity contribution in [3.05, 3.63) is 70.1 Å². The number of hydrogen-bond acceptors (Lipinski definition) is 5. The lowest BCUT2D eigenvalue weighted by molar-refractivity contribution is 0.0663. The number of nitrogens with zero attached hydrogens (tertiary/aromatic N) is 3. The summed E-state index contributed by atoms with van der Waals surface area (Å²) in [6.45, 7) is 1.61. The van der Waals surface area contributed by atoms with Crippen LogP contribution in [0.4, 0.5) is 0 Å². The zero-order valence-corrected chi connectivity index (χ0v) is 18.9. The Morgan fingerprint density at radius 3 is 2.85 bits per heavy atom. The van der Waals surface area contributed by atoms with Gasteiger partial charge in [0.05, 0.1) is 17.4 Å². The lowest BCUT2D eigenvalue weighted by Crippen LogP contribution is -2.30. The Labute approximate surface area is 192 Å². The van der Waals surface area contributed by atoms with E-state index in [0.717, 1.165) is 48.3 Å². The first kappa shape index (κ1) is 21.4. The summed E-state index contributed by atoms with van der Waals surface area (Å²) in [4.78, 5) is 31.6. The summed E-state index contributed by atoms with van der Waals surface area (Å²) in [6, 6.07) is 15.5. The summed E-state index contributed by atoms with van der Waals surface area (Å²) in [6.07, 6.45) is 2.69. The molecule has 33 heavy (non-hydrogen) atoms. The minimum Gasteiger partial charge on any atom is -0.474 e. The molecule has 3 aromatic rings. The van der Waals surface area contributed by atoms with Crippen LogP contribution in [0.3, 0.4) is 0 Å². The number of benzene rings is 2. The predicted molar refractivity (Wildman–Crippen MR) is 126 cm³/mol. The minimum absolute atomic E-state index is 0.00706. The van der Waals surface area contributed by atoms with Gasteiger partial charge < -0.3 is 14.4 Å². The van der Waals surface area contributed by atoms with Gasteiger partial charge in [0.1, 0.15) is 6.61 Å². The lowest BCUT2D eigenvalue weighted by Gasteiger charge is -2.26. The normalized spacial score (nSPS) is 16.7. The Hall–Kier alpha value is -3.45. The predicted octanol–water partition coefficient (Wildman–Crippen LogP) is 3.39. The number of hydrogen-bond donors (Lipinski definition) is 0. The summed E-state index contributed by atoms with van der Waals surface area (Å²) in [5, 5.41) is 0. The molecule has 0 bridgehead atoms. The molecular formula is C26H27N3O4. The Kier molecular flexibility index (Phi) is 5.72. The molecule has 2 aromatic carbocycles. The molecular weight excluding hydrogens is 418 g/mol. The number of ether oxygens (including phenoxy) is 2. The molecule has 0 spiro atoms. The fraction of sp³-hybridized carbons (Fsp3) is 0.346. The van der Waals surface area contributed by atoms with Crippen LogP contribution in [0, 0.1) is 0 Å². The molecule has 1 fully saturated rings. The molecule has 0 aliphatic carbocycles. The van der Waals surface area contributed by atoms with E-state index in [1.807, 2.05) is 36.4 Å². The number of fused-ring (bicyclic) bond motifs is 3. The maximum Gasteiger partial charge on any atom is 0.351 e. The third-order valence-corrected chi connectivity index (χ3v) is 6.26. The van der Waals surface area contributed by atoms with Crippen LogP contribution in [0.5, 0.6) is 5.88 Å². The van der Waals surface area contributed by atoms with Gasteiger partial charge in [0.2, 0.25) is 5.88 Å². The van der Waals surface area contributed by atoms with Gasteiger partial charge in [-0.1, -0.05) is 36.4 Å². The van der Waals surface area contributed by atoms with Gasteiger partial charge in [-0.05, 0) is 42.5 Å². The second-order valence-corrected chi connectivity index (χ2v) is 8.71. The monoisotopic (exact) mass is 445 g/mol. The van der Waals surface area contributed by atoms with E-state index >= 15 is 0 Å². The van der Waals surface area contributed by atoms with E-state index < -0.39 is 0 Å². The number of aryl methyl sites for hydroxylation is 1. The first-order valence-corrected chi connectivity index (χ1v) is 11.3. The van der Waals surface area contributed by atoms with Crippen molar-refractivity contribution in [3.63, 3.8) is 0 Å². The molecule has 0 radical (unpaired) electrons. The van der Waals surface area contributed by atoms with Crippen LogP contribution < -0.4 is 10.4 Å². The third-order valence-electron chi connectivity index (χ3n) is 6.26. The Morgan fingerprint density at radius 1 is 1.21 bits per heavy atom. The average molecular weight is 446 g/mol. The zero-order chi connectivity index (χ0) is 22.9. The quantitative estimate of drug-likeness (QED) is 0.602. The molecule has 7 nitrogen and oxygen atoms in total. The van der Waals surface area contributed by atoms with Crippen molar-refractivity contribution in [2.45, 2.75) is 31.9 Å². The van der Waals surface area contributed by atoms with Crippen LogP contribution in [-0.2, 0) is 17.7 Å². The van der Waals surface area contributed by atoms with Gasteiger partial charge in [-0.2, -0.15) is 4.98 Å². The molecule has 0 saturated carbocycles. The van der Waals surface area contributed by atoms with Gasteiger partial charge in [0.25, 0.3) is 5.91 Å². The first-order chi connectivity index (χ1) is 16.0. The minimum atomic E-state index is -0.328. The fourth-order valence-corrected chi connectivity index (χ4v) is 4.60. The van der Waals surface area contributed by atoms with Crippen molar-refractivity contribution in [3.8, 4) is 28.3 Å². The largest absolute Gasteiger partial charge is 0.474 e. The molecule has 7 heteroatoms. The molecule has 1 amide bonds. The highest BCUT2D eigenvalue weighted by molar-refractivity contribution is 5.96. The van der Waals surface area contributed by atoms with Crippen LogP contribution in [0.2, 0.25) is 0 Å². The Morgan fingerprint density at radius 2 is 2.06 bits per heavy atom. The van der Waals surface area contributed by atoms with Crippen LogP contribution in [0.25, 0.3) is 22.4 Å². The van der Waals surface area contributed by atoms with E-state index in [1.165, 1.54) is 5.56 Å². The number of carbonyl (C=O) groups excluding carboxylic acids is 1. The van der Waals surface area contributed by atoms with E-state index in [0.29, 0.717) is 18.7 Å². The van der Waals surface area contributed by atoms with Gasteiger partial charge in [-0.25, -0.2) is 4.79 Å². The standard InChI is InChI=1S/C26H27N3O4/c1-28(2)25(30)19-9-5-8-18(15-19)22-23-21-11-4-3-7-17(21)12-13-29(23)26(31)27-24(22)33-16-20-10-6-14-32-20/h3-5,7-9,11,15,20H,6,10,12-14,16H2,1-2H3. The van der Waals surface area contributed by atoms with E-state index in [1.54, 1.807) is 29.6 Å². The topological polar surface area (TPSA) is 73.7 Å². The summed E-state index contributed by atoms with van der Waals surface area (Å²) >= 11 is 0. The second kappa shape index (κ2) is 8.83. The van der Waals surface area contributed by atoms with Crippen molar-refractivity contribution in [1.82, 2.24) is 14.5 Å². The van der Waals surface area contributed by atoms with Crippen LogP contribution in [0.15, 0.2) is 53.3 Å². The van der Waals surface area contributed by atoms with E-state index in [9.17, 15) is 9.59 Å². The highest BCUT2D eigenvalue weighted by Gasteiger charge is 2.27. The van der Waals surface area contributed by atoms with Gasteiger partial charge in [0, 0.05) is 38.4 Å². The van der Waals surface area contributed by atoms with Crippen LogP contribution >= 0.6 is 0 Å². The maximum atomic E-state index is 13.0.